The molecule has 2 aromatic carbocycles. The number of benzene rings is 2. The lowest BCUT2D eigenvalue weighted by Crippen LogP contribution is -2.54. The van der Waals surface area contributed by atoms with Gasteiger partial charge < -0.3 is 9.88 Å². The third kappa shape index (κ3) is 5.63. The highest BCUT2D eigenvalue weighted by Crippen LogP contribution is 2.42. The van der Waals surface area contributed by atoms with Crippen molar-refractivity contribution in [1.82, 2.24) is 14.8 Å². The van der Waals surface area contributed by atoms with Crippen molar-refractivity contribution in [3.63, 3.8) is 0 Å². The number of imide groups is 2. The van der Waals surface area contributed by atoms with Gasteiger partial charge in [-0.05, 0) is 53.1 Å². The maximum Gasteiger partial charge on any atom is 0.362 e. The van der Waals surface area contributed by atoms with Crippen LogP contribution >= 0.6 is 46.6 Å². The van der Waals surface area contributed by atoms with Crippen LogP contribution in [-0.4, -0.2) is 45.1 Å². The molecule has 1 saturated heterocycles. The van der Waals surface area contributed by atoms with E-state index in [2.05, 4.69) is 0 Å². The second-order valence-electron chi connectivity index (χ2n) is 9.45. The lowest BCUT2D eigenvalue weighted by molar-refractivity contribution is -0.128. The van der Waals surface area contributed by atoms with E-state index in [1.165, 1.54) is 30.0 Å². The van der Waals surface area contributed by atoms with Crippen molar-refractivity contribution in [2.45, 2.75) is 41.6 Å². The number of fused-ring (bicyclic) bond motifs is 1. The zero-order valence-corrected chi connectivity index (χ0v) is 24.6. The van der Waals surface area contributed by atoms with E-state index in [1.54, 1.807) is 18.2 Å². The van der Waals surface area contributed by atoms with Gasteiger partial charge in [-0.1, -0.05) is 47.1 Å². The average molecular weight is 656 g/mol. The summed E-state index contributed by atoms with van der Waals surface area (Å²) in [5, 5.41) is -3.57. The number of hydrogen-bond donors (Lipinski definition) is 1. The van der Waals surface area contributed by atoms with E-state index in [1.807, 2.05) is 4.98 Å². The zero-order valence-electron chi connectivity index (χ0n) is 21.6. The number of aromatic nitrogens is 1. The van der Waals surface area contributed by atoms with Crippen molar-refractivity contribution in [3.8, 4) is 0 Å². The Morgan fingerprint density at radius 3 is 2.31 bits per heavy atom. The largest absolute Gasteiger partial charge is 0.362 e. The lowest BCUT2D eigenvalue weighted by Gasteiger charge is -2.32. The molecule has 9 nitrogen and oxygen atoms in total. The van der Waals surface area contributed by atoms with Gasteiger partial charge in [-0.2, -0.15) is 8.78 Å². The standard InChI is InChI=1S/C27H19Cl3F2N4O5S/c1-13(37)35-8-7-21(38)36(26(35)41)16-6-5-14-11-34(12-15(14)9-16)25(40)22-19(10-20(27(30,31)32)33-24(22)39)42-23-17(28)3-2-4-18(23)29/h2-6,9-10H,7-8,11-12H2,1H3,(H,33,39). The van der Waals surface area contributed by atoms with Gasteiger partial charge in [0.15, 0.2) is 0 Å². The summed E-state index contributed by atoms with van der Waals surface area (Å²) in [6.45, 7) is 1.25. The van der Waals surface area contributed by atoms with Crippen LogP contribution in [0.15, 0.2) is 57.1 Å². The number of urea groups is 1. The molecule has 1 aromatic heterocycles. The molecule has 0 atom stereocenters. The monoisotopic (exact) mass is 654 g/mol. The maximum atomic E-state index is 14.0. The maximum absolute atomic E-state index is 14.0. The van der Waals surface area contributed by atoms with E-state index >= 15 is 0 Å². The third-order valence-electron chi connectivity index (χ3n) is 6.71. The topological polar surface area (TPSA) is 111 Å². The molecule has 3 heterocycles. The summed E-state index contributed by atoms with van der Waals surface area (Å²) in [6.07, 6.45) is -0.0387. The summed E-state index contributed by atoms with van der Waals surface area (Å²) in [6, 6.07) is 9.46. The molecule has 5 amide bonds. The molecule has 1 fully saturated rings. The molecule has 0 unspecified atom stereocenters. The average Bonchev–Trinajstić information content (AvgIpc) is 3.33. The molecule has 5 rings (SSSR count). The second kappa shape index (κ2) is 11.3. The van der Waals surface area contributed by atoms with Gasteiger partial charge in [-0.25, -0.2) is 9.69 Å². The van der Waals surface area contributed by atoms with Crippen molar-refractivity contribution in [2.75, 3.05) is 11.4 Å². The van der Waals surface area contributed by atoms with Gasteiger partial charge in [0.25, 0.3) is 11.5 Å². The number of halogens is 5. The van der Waals surface area contributed by atoms with Crippen molar-refractivity contribution >= 4 is 76.0 Å². The van der Waals surface area contributed by atoms with Crippen molar-refractivity contribution in [3.05, 3.63) is 85.2 Å². The van der Waals surface area contributed by atoms with E-state index in [0.717, 1.165) is 27.6 Å². The predicted octanol–water partition coefficient (Wildman–Crippen LogP) is 5.98. The second-order valence-corrected chi connectivity index (χ2v) is 11.8. The molecule has 15 heteroatoms. The Bertz CT molecular complexity index is 1710. The SMILES string of the molecule is CC(=O)N1CCC(=O)N(c2ccc3c(c2)CN(C(=O)c2c(Sc4c(Cl)cccc4Cl)cc(C(F)(F)Cl)[nH]c2=O)C3)C1=O. The smallest absolute Gasteiger partial charge is 0.330 e. The fourth-order valence-electron chi connectivity index (χ4n) is 4.67. The lowest BCUT2D eigenvalue weighted by atomic mass is 10.1. The molecule has 1 N–H and O–H groups in total. The molecular formula is C27H19Cl3F2N4O5S. The summed E-state index contributed by atoms with van der Waals surface area (Å²) in [5.41, 5.74) is -0.941. The first-order valence-corrected chi connectivity index (χ1v) is 14.2. The van der Waals surface area contributed by atoms with E-state index in [9.17, 15) is 32.8 Å². The van der Waals surface area contributed by atoms with E-state index in [4.69, 9.17) is 34.8 Å². The number of amides is 5. The van der Waals surface area contributed by atoms with Gasteiger partial charge in [-0.3, -0.25) is 24.1 Å². The number of pyridine rings is 1. The van der Waals surface area contributed by atoms with Gasteiger partial charge in [-0.15, -0.1) is 0 Å². The van der Waals surface area contributed by atoms with Gasteiger partial charge in [0.2, 0.25) is 11.8 Å². The van der Waals surface area contributed by atoms with Crippen LogP contribution in [0.4, 0.5) is 19.3 Å². The number of aromatic amines is 1. The molecule has 2 aliphatic heterocycles. The number of carbonyl (C=O) groups is 4. The molecule has 218 valence electrons. The van der Waals surface area contributed by atoms with Crippen LogP contribution in [-0.2, 0) is 28.1 Å². The number of alkyl halides is 3. The summed E-state index contributed by atoms with van der Waals surface area (Å²) in [4.78, 5) is 69.4. The highest BCUT2D eigenvalue weighted by atomic mass is 35.5. The molecule has 0 saturated carbocycles. The van der Waals surface area contributed by atoms with E-state index in [0.29, 0.717) is 11.1 Å². The fraction of sp³-hybridized carbons (Fsp3) is 0.222. The van der Waals surface area contributed by atoms with Crippen LogP contribution in [0.1, 0.15) is 40.5 Å². The molecule has 42 heavy (non-hydrogen) atoms. The molecule has 0 spiro atoms. The van der Waals surface area contributed by atoms with Crippen LogP contribution in [0.2, 0.25) is 10.0 Å². The van der Waals surface area contributed by atoms with Gasteiger partial charge in [0.05, 0.1) is 15.7 Å². The number of hydrogen-bond acceptors (Lipinski definition) is 6. The zero-order chi connectivity index (χ0) is 30.5. The van der Waals surface area contributed by atoms with Crippen LogP contribution in [0, 0.1) is 0 Å². The molecular weight excluding hydrogens is 637 g/mol. The minimum absolute atomic E-state index is 0.0144. The van der Waals surface area contributed by atoms with Crippen LogP contribution in [0.5, 0.6) is 0 Å². The minimum Gasteiger partial charge on any atom is -0.330 e. The molecule has 2 aliphatic rings. The Labute approximate surface area is 256 Å². The number of nitrogens with one attached hydrogen (secondary N) is 1. The number of H-pyrrole nitrogens is 1. The first-order chi connectivity index (χ1) is 19.8. The summed E-state index contributed by atoms with van der Waals surface area (Å²) in [5.74, 6) is -1.74. The molecule has 0 bridgehead atoms. The van der Waals surface area contributed by atoms with E-state index < -0.39 is 46.0 Å². The van der Waals surface area contributed by atoms with Crippen molar-refractivity contribution in [1.29, 1.82) is 0 Å². The van der Waals surface area contributed by atoms with Crippen molar-refractivity contribution in [2.24, 2.45) is 0 Å². The summed E-state index contributed by atoms with van der Waals surface area (Å²) >= 11 is 18.5. The van der Waals surface area contributed by atoms with Crippen LogP contribution in [0.25, 0.3) is 0 Å². The highest BCUT2D eigenvalue weighted by molar-refractivity contribution is 7.99. The normalized spacial score (nSPS) is 15.3. The van der Waals surface area contributed by atoms with Crippen molar-refractivity contribution < 1.29 is 28.0 Å². The van der Waals surface area contributed by atoms with Crippen LogP contribution < -0.4 is 10.5 Å². The first-order valence-electron chi connectivity index (χ1n) is 12.3. The number of carbonyl (C=O) groups excluding carboxylic acids is 4. The number of rotatable bonds is 5. The van der Waals surface area contributed by atoms with E-state index in [-0.39, 0.29) is 51.6 Å². The fourth-order valence-corrected chi connectivity index (χ4v) is 6.41. The Morgan fingerprint density at radius 1 is 1.00 bits per heavy atom. The predicted molar refractivity (Wildman–Crippen MR) is 152 cm³/mol. The molecule has 0 aliphatic carbocycles. The minimum atomic E-state index is -3.93. The number of nitrogens with zero attached hydrogens (tertiary/aromatic N) is 3. The summed E-state index contributed by atoms with van der Waals surface area (Å²) < 4.78 is 28.0. The highest BCUT2D eigenvalue weighted by Gasteiger charge is 2.37. The first kappa shape index (κ1) is 30.0. The van der Waals surface area contributed by atoms with Gasteiger partial charge >= 0.3 is 11.4 Å². The Morgan fingerprint density at radius 2 is 1.67 bits per heavy atom. The van der Waals surface area contributed by atoms with Gasteiger partial charge in [0.1, 0.15) is 11.3 Å². The van der Waals surface area contributed by atoms with Gasteiger partial charge in [0, 0.05) is 42.8 Å². The molecule has 0 radical (unpaired) electrons. The quantitative estimate of drug-likeness (QED) is 0.339. The Kier molecular flexibility index (Phi) is 8.10. The number of anilines is 1. The van der Waals surface area contributed by atoms with Crippen LogP contribution in [0.3, 0.4) is 0 Å². The summed E-state index contributed by atoms with van der Waals surface area (Å²) in [7, 11) is 0. The Balaban J connectivity index is 1.48. The molecule has 3 aromatic rings. The third-order valence-corrected chi connectivity index (χ3v) is 8.95. The Hall–Kier alpha value is -3.45.